The second-order valence-corrected chi connectivity index (χ2v) is 12.3. The standard InChI is InChI=1S/C30H59N5/c1-7-9-16-29-27(17-18-28-21-25(22-33-31)19-20-30(28,29)5)15-11-14-26(8-2)23(3)12-10-13-24(4)34-35-32-6/h23,25-29,33H,4,7-22,31H2,1-3,5-6H3,(H,32,34)/t23?,25?,26?,27?,28-,29?,30?/m0/s1. The minimum absolute atomic E-state index is 0.564. The van der Waals surface area contributed by atoms with Gasteiger partial charge in [0, 0.05) is 12.2 Å². The zero-order valence-electron chi connectivity index (χ0n) is 24.0. The number of nitrogens with two attached hydrogens (primary N) is 1. The van der Waals surface area contributed by atoms with Gasteiger partial charge in [0.05, 0.1) is 7.05 Å². The van der Waals surface area contributed by atoms with Crippen LogP contribution in [-0.4, -0.2) is 13.6 Å². The number of nitrogens with one attached hydrogen (secondary N) is 2. The van der Waals surface area contributed by atoms with Crippen molar-refractivity contribution in [3.8, 4) is 0 Å². The molecular weight excluding hydrogens is 430 g/mol. The van der Waals surface area contributed by atoms with Gasteiger partial charge >= 0.3 is 0 Å². The summed E-state index contributed by atoms with van der Waals surface area (Å²) in [6.45, 7) is 15.0. The molecule has 5 heteroatoms. The molecule has 0 bridgehead atoms. The summed E-state index contributed by atoms with van der Waals surface area (Å²) in [6.07, 6.45) is 20.3. The van der Waals surface area contributed by atoms with E-state index >= 15 is 0 Å². The Labute approximate surface area is 217 Å². The van der Waals surface area contributed by atoms with Crippen molar-refractivity contribution in [3.63, 3.8) is 0 Å². The quantitative estimate of drug-likeness (QED) is 0.109. The molecule has 2 aliphatic rings. The van der Waals surface area contributed by atoms with Gasteiger partial charge in [-0.05, 0) is 92.3 Å². The Bertz CT molecular complexity index is 620. The molecule has 0 aromatic rings. The lowest BCUT2D eigenvalue weighted by Crippen LogP contribution is -2.48. The average Bonchev–Trinajstić information content (AvgIpc) is 2.84. The van der Waals surface area contributed by atoms with Gasteiger partial charge < -0.3 is 0 Å². The van der Waals surface area contributed by atoms with Crippen LogP contribution < -0.4 is 16.7 Å². The third-order valence-corrected chi connectivity index (χ3v) is 10.1. The summed E-state index contributed by atoms with van der Waals surface area (Å²) in [5.41, 5.74) is 7.43. The second kappa shape index (κ2) is 16.0. The van der Waals surface area contributed by atoms with Gasteiger partial charge in [0.25, 0.3) is 0 Å². The predicted octanol–water partition coefficient (Wildman–Crippen LogP) is 8.19. The highest BCUT2D eigenvalue weighted by molar-refractivity contribution is 4.99. The van der Waals surface area contributed by atoms with Gasteiger partial charge in [-0.2, -0.15) is 5.11 Å². The number of hydrazine groups is 1. The molecule has 0 saturated heterocycles. The van der Waals surface area contributed by atoms with Crippen LogP contribution in [0.5, 0.6) is 0 Å². The Balaban J connectivity index is 1.86. The van der Waals surface area contributed by atoms with Gasteiger partial charge in [-0.15, -0.1) is 0 Å². The summed E-state index contributed by atoms with van der Waals surface area (Å²) in [4.78, 5) is 0. The van der Waals surface area contributed by atoms with Gasteiger partial charge in [0.1, 0.15) is 0 Å². The summed E-state index contributed by atoms with van der Waals surface area (Å²) < 4.78 is 0. The molecule has 7 atom stereocenters. The molecule has 204 valence electrons. The molecule has 2 rings (SSSR count). The summed E-state index contributed by atoms with van der Waals surface area (Å²) in [7, 11) is 1.68. The first-order chi connectivity index (χ1) is 16.9. The summed E-state index contributed by atoms with van der Waals surface area (Å²) in [5.74, 6) is 10.9. The fourth-order valence-electron chi connectivity index (χ4n) is 7.87. The summed E-state index contributed by atoms with van der Waals surface area (Å²) >= 11 is 0. The predicted molar refractivity (Wildman–Crippen MR) is 151 cm³/mol. The largest absolute Gasteiger partial charge is 0.271 e. The van der Waals surface area contributed by atoms with Crippen molar-refractivity contribution in [2.75, 3.05) is 13.6 Å². The fraction of sp³-hybridized carbons (Fsp3) is 0.933. The molecule has 35 heavy (non-hydrogen) atoms. The number of rotatable bonds is 17. The van der Waals surface area contributed by atoms with Gasteiger partial charge in [0.15, 0.2) is 0 Å². The van der Waals surface area contributed by atoms with E-state index in [1.165, 1.54) is 89.9 Å². The number of hydrogen-bond acceptors (Lipinski definition) is 4. The van der Waals surface area contributed by atoms with Crippen LogP contribution in [0, 0.1) is 40.9 Å². The minimum atomic E-state index is 0.564. The highest BCUT2D eigenvalue weighted by atomic mass is 15.4. The van der Waals surface area contributed by atoms with Gasteiger partial charge in [-0.3, -0.25) is 16.7 Å². The minimum Gasteiger partial charge on any atom is -0.271 e. The summed E-state index contributed by atoms with van der Waals surface area (Å²) in [5, 5.41) is 7.58. The van der Waals surface area contributed by atoms with E-state index in [4.69, 9.17) is 5.84 Å². The zero-order valence-corrected chi connectivity index (χ0v) is 24.0. The molecule has 0 spiro atoms. The molecule has 0 aromatic carbocycles. The molecular formula is C30H59N5. The van der Waals surface area contributed by atoms with Crippen LogP contribution in [-0.2, 0) is 0 Å². The molecule has 2 fully saturated rings. The highest BCUT2D eigenvalue weighted by Crippen LogP contribution is 2.58. The molecule has 0 aromatic heterocycles. The van der Waals surface area contributed by atoms with E-state index in [1.807, 2.05) is 0 Å². The first kappa shape index (κ1) is 30.3. The number of unbranched alkanes of at least 4 members (excludes halogenated alkanes) is 1. The van der Waals surface area contributed by atoms with Crippen molar-refractivity contribution in [1.29, 1.82) is 0 Å². The van der Waals surface area contributed by atoms with E-state index < -0.39 is 0 Å². The van der Waals surface area contributed by atoms with Crippen LogP contribution in [0.25, 0.3) is 0 Å². The van der Waals surface area contributed by atoms with E-state index in [2.05, 4.69) is 55.5 Å². The SMILES string of the molecule is C=C(CCCC(C)C(CC)CCCC1CC[C@H]2CC(CNN)CCC2(C)C1CCCC)N/N=N\C. The lowest BCUT2D eigenvalue weighted by atomic mass is 9.50. The van der Waals surface area contributed by atoms with E-state index in [9.17, 15) is 0 Å². The molecule has 0 aliphatic heterocycles. The number of hydrogen-bond donors (Lipinski definition) is 3. The van der Waals surface area contributed by atoms with Crippen molar-refractivity contribution < 1.29 is 0 Å². The molecule has 2 saturated carbocycles. The number of allylic oxidation sites excluding steroid dienone is 1. The third-order valence-electron chi connectivity index (χ3n) is 10.1. The molecule has 2 aliphatic carbocycles. The van der Waals surface area contributed by atoms with Gasteiger partial charge in [-0.1, -0.05) is 84.4 Å². The Hall–Kier alpha value is -0.940. The Kier molecular flexibility index (Phi) is 13.9. The monoisotopic (exact) mass is 489 g/mol. The van der Waals surface area contributed by atoms with E-state index in [1.54, 1.807) is 7.05 Å². The van der Waals surface area contributed by atoms with Crippen LogP contribution in [0.1, 0.15) is 124 Å². The molecule has 0 amide bonds. The summed E-state index contributed by atoms with van der Waals surface area (Å²) in [6, 6.07) is 0. The molecule has 0 heterocycles. The fourth-order valence-corrected chi connectivity index (χ4v) is 7.87. The van der Waals surface area contributed by atoms with Crippen molar-refractivity contribution in [3.05, 3.63) is 12.3 Å². The van der Waals surface area contributed by atoms with Gasteiger partial charge in [-0.25, -0.2) is 0 Å². The van der Waals surface area contributed by atoms with Crippen LogP contribution in [0.15, 0.2) is 22.6 Å². The van der Waals surface area contributed by atoms with Crippen molar-refractivity contribution in [2.24, 2.45) is 57.1 Å². The average molecular weight is 490 g/mol. The van der Waals surface area contributed by atoms with Crippen molar-refractivity contribution >= 4 is 0 Å². The van der Waals surface area contributed by atoms with E-state index in [-0.39, 0.29) is 0 Å². The topological polar surface area (TPSA) is 74.8 Å². The first-order valence-corrected chi connectivity index (χ1v) is 15.1. The van der Waals surface area contributed by atoms with Crippen LogP contribution in [0.3, 0.4) is 0 Å². The van der Waals surface area contributed by atoms with Crippen LogP contribution >= 0.6 is 0 Å². The Morgan fingerprint density at radius 2 is 1.91 bits per heavy atom. The second-order valence-electron chi connectivity index (χ2n) is 12.3. The lowest BCUT2D eigenvalue weighted by molar-refractivity contribution is -0.0572. The molecule has 0 radical (unpaired) electrons. The Morgan fingerprint density at radius 3 is 2.60 bits per heavy atom. The maximum absolute atomic E-state index is 5.68. The van der Waals surface area contributed by atoms with Crippen molar-refractivity contribution in [2.45, 2.75) is 124 Å². The zero-order chi connectivity index (χ0) is 25.7. The van der Waals surface area contributed by atoms with Gasteiger partial charge in [0.2, 0.25) is 0 Å². The smallest absolute Gasteiger partial charge is 0.0509 e. The Morgan fingerprint density at radius 1 is 1.11 bits per heavy atom. The number of fused-ring (bicyclic) bond motifs is 1. The third kappa shape index (κ3) is 9.14. The maximum Gasteiger partial charge on any atom is 0.0509 e. The highest BCUT2D eigenvalue weighted by Gasteiger charge is 2.49. The maximum atomic E-state index is 5.68. The molecule has 5 nitrogen and oxygen atoms in total. The molecule has 6 unspecified atom stereocenters. The van der Waals surface area contributed by atoms with Crippen molar-refractivity contribution in [1.82, 2.24) is 10.9 Å². The lowest BCUT2D eigenvalue weighted by Gasteiger charge is -2.56. The van der Waals surface area contributed by atoms with Crippen LogP contribution in [0.2, 0.25) is 0 Å². The van der Waals surface area contributed by atoms with E-state index in [0.29, 0.717) is 5.41 Å². The molecule has 4 N–H and O–H groups in total. The normalized spacial score (nSPS) is 30.7. The number of nitrogens with zero attached hydrogens (tertiary/aromatic N) is 2. The van der Waals surface area contributed by atoms with E-state index in [0.717, 1.165) is 54.2 Å². The first-order valence-electron chi connectivity index (χ1n) is 15.1. The van der Waals surface area contributed by atoms with Crippen LogP contribution in [0.4, 0.5) is 0 Å².